The van der Waals surface area contributed by atoms with Gasteiger partial charge in [0.1, 0.15) is 6.67 Å². The highest BCUT2D eigenvalue weighted by Gasteiger charge is 2.33. The molecular formula is C8H4F4INO2. The van der Waals surface area contributed by atoms with Crippen molar-refractivity contribution in [2.75, 3.05) is 0 Å². The zero-order valence-electron chi connectivity index (χ0n) is 7.52. The molecule has 0 saturated carbocycles. The molecule has 0 aliphatic carbocycles. The third kappa shape index (κ3) is 3.03. The summed E-state index contributed by atoms with van der Waals surface area (Å²) in [4.78, 5) is 14.1. The molecule has 0 radical (unpaired) electrons. The number of aromatic nitrogens is 1. The maximum absolute atomic E-state index is 12.4. The minimum Gasteiger partial charge on any atom is -0.404 e. The molecule has 0 aliphatic heterocycles. The highest BCUT2D eigenvalue weighted by Crippen LogP contribution is 2.31. The lowest BCUT2D eigenvalue weighted by Crippen LogP contribution is -2.19. The van der Waals surface area contributed by atoms with Crippen LogP contribution in [-0.4, -0.2) is 17.6 Å². The van der Waals surface area contributed by atoms with Crippen LogP contribution in [0.4, 0.5) is 17.6 Å². The van der Waals surface area contributed by atoms with Gasteiger partial charge in [0.2, 0.25) is 0 Å². The average Bonchev–Trinajstić information content (AvgIpc) is 2.19. The summed E-state index contributed by atoms with van der Waals surface area (Å²) in [6.07, 6.45) is -3.85. The highest BCUT2D eigenvalue weighted by molar-refractivity contribution is 14.1. The quantitative estimate of drug-likeness (QED) is 0.479. The Bertz CT molecular complexity index is 408. The van der Waals surface area contributed by atoms with Gasteiger partial charge in [-0.2, -0.15) is 0 Å². The second kappa shape index (κ2) is 4.93. The van der Waals surface area contributed by atoms with Crippen molar-refractivity contribution in [1.29, 1.82) is 0 Å². The summed E-state index contributed by atoms with van der Waals surface area (Å²) in [7, 11) is 0. The lowest BCUT2D eigenvalue weighted by molar-refractivity contribution is -0.275. The van der Waals surface area contributed by atoms with Gasteiger partial charge in [0.15, 0.2) is 12.0 Å². The Kier molecular flexibility index (Phi) is 4.05. The van der Waals surface area contributed by atoms with E-state index in [2.05, 4.69) is 9.72 Å². The third-order valence-corrected chi connectivity index (χ3v) is 2.34. The number of carbonyl (C=O) groups excluding carboxylic acids is 1. The first-order chi connectivity index (χ1) is 7.39. The van der Waals surface area contributed by atoms with E-state index in [4.69, 9.17) is 0 Å². The van der Waals surface area contributed by atoms with Gasteiger partial charge < -0.3 is 4.74 Å². The number of aldehydes is 1. The van der Waals surface area contributed by atoms with Crippen LogP contribution in [0.1, 0.15) is 16.1 Å². The van der Waals surface area contributed by atoms with E-state index in [0.717, 1.165) is 6.20 Å². The molecule has 0 fully saturated rings. The molecule has 0 bridgehead atoms. The number of alkyl halides is 4. The van der Waals surface area contributed by atoms with E-state index in [1.165, 1.54) is 22.6 Å². The van der Waals surface area contributed by atoms with Gasteiger partial charge in [-0.1, -0.05) is 0 Å². The van der Waals surface area contributed by atoms with Gasteiger partial charge in [-0.15, -0.1) is 13.2 Å². The first-order valence-electron chi connectivity index (χ1n) is 3.83. The molecule has 0 spiro atoms. The Morgan fingerprint density at radius 1 is 1.50 bits per heavy atom. The maximum atomic E-state index is 12.4. The third-order valence-electron chi connectivity index (χ3n) is 1.57. The molecule has 0 unspecified atom stereocenters. The van der Waals surface area contributed by atoms with E-state index in [-0.39, 0.29) is 15.6 Å². The fourth-order valence-electron chi connectivity index (χ4n) is 0.970. The van der Waals surface area contributed by atoms with Crippen LogP contribution in [0.25, 0.3) is 0 Å². The highest BCUT2D eigenvalue weighted by atomic mass is 127. The van der Waals surface area contributed by atoms with Crippen LogP contribution in [0.15, 0.2) is 6.20 Å². The number of pyridine rings is 1. The molecule has 0 amide bonds. The molecule has 0 saturated heterocycles. The first-order valence-corrected chi connectivity index (χ1v) is 4.91. The van der Waals surface area contributed by atoms with Crippen molar-refractivity contribution in [3.63, 3.8) is 0 Å². The fraction of sp³-hybridized carbons (Fsp3) is 0.250. The van der Waals surface area contributed by atoms with Gasteiger partial charge in [-0.3, -0.25) is 9.78 Å². The Labute approximate surface area is 101 Å². The molecule has 1 heterocycles. The standard InChI is InChI=1S/C8H4F4INO2/c9-1-6-4(3-15)7(5(13)2-14-6)16-8(10,11)12/h2-3H,1H2. The average molecular weight is 349 g/mol. The number of rotatable bonds is 3. The molecule has 0 N–H and O–H groups in total. The summed E-state index contributed by atoms with van der Waals surface area (Å²) in [5.41, 5.74) is -0.901. The molecule has 8 heteroatoms. The van der Waals surface area contributed by atoms with Gasteiger partial charge in [0, 0.05) is 6.20 Å². The minimum atomic E-state index is -4.94. The maximum Gasteiger partial charge on any atom is 0.573 e. The van der Waals surface area contributed by atoms with Crippen LogP contribution in [-0.2, 0) is 6.67 Å². The monoisotopic (exact) mass is 349 g/mol. The SMILES string of the molecule is O=Cc1c(CF)ncc(I)c1OC(F)(F)F. The second-order valence-electron chi connectivity index (χ2n) is 2.59. The zero-order valence-corrected chi connectivity index (χ0v) is 9.67. The van der Waals surface area contributed by atoms with E-state index in [1.54, 1.807) is 0 Å². The number of halogens is 5. The van der Waals surface area contributed by atoms with Gasteiger partial charge in [-0.25, -0.2) is 4.39 Å². The number of hydrogen-bond donors (Lipinski definition) is 0. The van der Waals surface area contributed by atoms with Crippen molar-refractivity contribution in [3.8, 4) is 5.75 Å². The van der Waals surface area contributed by atoms with Gasteiger partial charge in [0.05, 0.1) is 14.8 Å². The van der Waals surface area contributed by atoms with E-state index in [0.29, 0.717) is 0 Å². The summed E-state index contributed by atoms with van der Waals surface area (Å²) in [5.74, 6) is -0.717. The Hall–Kier alpha value is -0.930. The second-order valence-corrected chi connectivity index (χ2v) is 3.76. The molecule has 1 aromatic rings. The van der Waals surface area contributed by atoms with Crippen LogP contribution in [0.5, 0.6) is 5.75 Å². The van der Waals surface area contributed by atoms with E-state index < -0.39 is 24.3 Å². The van der Waals surface area contributed by atoms with E-state index in [9.17, 15) is 22.4 Å². The van der Waals surface area contributed by atoms with Crippen LogP contribution in [0.3, 0.4) is 0 Å². The molecule has 0 aromatic carbocycles. The lowest BCUT2D eigenvalue weighted by Gasteiger charge is -2.13. The smallest absolute Gasteiger partial charge is 0.404 e. The Balaban J connectivity index is 3.29. The minimum absolute atomic E-state index is 0.0192. The van der Waals surface area contributed by atoms with Crippen LogP contribution in [0, 0.1) is 3.57 Å². The molecule has 1 rings (SSSR count). The van der Waals surface area contributed by atoms with Gasteiger partial charge in [-0.05, 0) is 22.6 Å². The molecular weight excluding hydrogens is 345 g/mol. The van der Waals surface area contributed by atoms with Crippen molar-refractivity contribution in [2.24, 2.45) is 0 Å². The summed E-state index contributed by atoms with van der Waals surface area (Å²) in [6, 6.07) is 0. The Morgan fingerprint density at radius 2 is 2.12 bits per heavy atom. The molecule has 16 heavy (non-hydrogen) atoms. The number of nitrogens with zero attached hydrogens (tertiary/aromatic N) is 1. The van der Waals surface area contributed by atoms with Crippen molar-refractivity contribution in [3.05, 3.63) is 21.0 Å². The Morgan fingerprint density at radius 3 is 2.56 bits per heavy atom. The molecule has 3 nitrogen and oxygen atoms in total. The lowest BCUT2D eigenvalue weighted by atomic mass is 10.2. The predicted molar refractivity (Wildman–Crippen MR) is 53.8 cm³/mol. The van der Waals surface area contributed by atoms with E-state index >= 15 is 0 Å². The van der Waals surface area contributed by atoms with Gasteiger partial charge >= 0.3 is 6.36 Å². The zero-order chi connectivity index (χ0) is 12.3. The van der Waals surface area contributed by atoms with Crippen LogP contribution >= 0.6 is 22.6 Å². The normalized spacial score (nSPS) is 11.3. The van der Waals surface area contributed by atoms with Crippen molar-refractivity contribution in [1.82, 2.24) is 4.98 Å². The summed E-state index contributed by atoms with van der Waals surface area (Å²) in [5, 5.41) is 0. The molecule has 1 aromatic heterocycles. The fourth-order valence-corrected chi connectivity index (χ4v) is 1.51. The molecule has 0 atom stereocenters. The predicted octanol–water partition coefficient (Wildman–Crippen LogP) is 2.87. The molecule has 0 aliphatic rings. The summed E-state index contributed by atoms with van der Waals surface area (Å²) < 4.78 is 52.0. The first kappa shape index (κ1) is 13.1. The largest absolute Gasteiger partial charge is 0.573 e. The summed E-state index contributed by atoms with van der Waals surface area (Å²) in [6.45, 7) is -1.14. The topological polar surface area (TPSA) is 39.2 Å². The van der Waals surface area contributed by atoms with Gasteiger partial charge in [0.25, 0.3) is 0 Å². The van der Waals surface area contributed by atoms with Crippen molar-refractivity contribution >= 4 is 28.9 Å². The number of hydrogen-bond acceptors (Lipinski definition) is 3. The summed E-state index contributed by atoms with van der Waals surface area (Å²) >= 11 is 1.51. The van der Waals surface area contributed by atoms with Crippen molar-refractivity contribution < 1.29 is 27.1 Å². The van der Waals surface area contributed by atoms with Crippen LogP contribution < -0.4 is 4.74 Å². The van der Waals surface area contributed by atoms with E-state index in [1.807, 2.05) is 0 Å². The van der Waals surface area contributed by atoms with Crippen molar-refractivity contribution in [2.45, 2.75) is 13.0 Å². The number of ether oxygens (including phenoxy) is 1. The molecule has 88 valence electrons. The number of carbonyl (C=O) groups is 1. The van der Waals surface area contributed by atoms with Crippen LogP contribution in [0.2, 0.25) is 0 Å².